The van der Waals surface area contributed by atoms with Crippen molar-refractivity contribution in [3.8, 4) is 11.8 Å². The minimum absolute atomic E-state index is 0. The summed E-state index contributed by atoms with van der Waals surface area (Å²) in [6.45, 7) is 11.2. The molecule has 3 N–H and O–H groups in total. The average molecular weight is 615 g/mol. The molecule has 2 aliphatic heterocycles. The number of rotatable bonds is 9. The number of carbonyl (C=O) groups excluding carboxylic acids is 2. The minimum atomic E-state index is -0.888. The molecule has 2 fully saturated rings. The van der Waals surface area contributed by atoms with Crippen LogP contribution in [0.3, 0.4) is 0 Å². The lowest BCUT2D eigenvalue weighted by Crippen LogP contribution is -2.37. The van der Waals surface area contributed by atoms with Crippen LogP contribution in [0.2, 0.25) is 0 Å². The summed E-state index contributed by atoms with van der Waals surface area (Å²) in [7, 11) is 0. The Kier molecular flexibility index (Phi) is 10.4. The van der Waals surface area contributed by atoms with Crippen LogP contribution in [-0.4, -0.2) is 93.4 Å². The highest BCUT2D eigenvalue weighted by molar-refractivity contribution is 7.59. The fraction of sp³-hybridized carbons (Fsp3) is 0.448. The summed E-state index contributed by atoms with van der Waals surface area (Å²) >= 11 is 0. The Hall–Kier alpha value is -3.93. The van der Waals surface area contributed by atoms with Gasteiger partial charge in [0.05, 0.1) is 36.7 Å². The van der Waals surface area contributed by atoms with Crippen LogP contribution in [0.4, 0.5) is 14.6 Å². The summed E-state index contributed by atoms with van der Waals surface area (Å²) in [6, 6.07) is 0.921. The summed E-state index contributed by atoms with van der Waals surface area (Å²) < 4.78 is 38.9. The summed E-state index contributed by atoms with van der Waals surface area (Å²) in [5, 5.41) is 7.88. The van der Waals surface area contributed by atoms with Crippen LogP contribution < -0.4 is 11.1 Å². The Morgan fingerprint density at radius 3 is 2.72 bits per heavy atom. The molecule has 0 saturated carbocycles. The molecular weight excluding hydrogens is 578 g/mol. The van der Waals surface area contributed by atoms with Crippen LogP contribution in [0.15, 0.2) is 25.0 Å². The summed E-state index contributed by atoms with van der Waals surface area (Å²) in [5.41, 5.74) is 5.68. The molecule has 2 aromatic heterocycles. The predicted molar refractivity (Wildman–Crippen MR) is 163 cm³/mol. The molecule has 2 amide bonds. The molecule has 230 valence electrons. The molecule has 4 heterocycles. The number of primary amides is 1. The zero-order valence-corrected chi connectivity index (χ0v) is 25.0. The highest BCUT2D eigenvalue weighted by Crippen LogP contribution is 2.30. The number of fused-ring (bicyclic) bond motifs is 1. The molecule has 3 aromatic rings. The molecule has 14 heteroatoms. The number of aromatic nitrogens is 4. The molecule has 0 spiro atoms. The van der Waals surface area contributed by atoms with Crippen molar-refractivity contribution in [2.75, 3.05) is 57.8 Å². The van der Waals surface area contributed by atoms with E-state index in [1.54, 1.807) is 14.1 Å². The zero-order chi connectivity index (χ0) is 29.8. The minimum Gasteiger partial charge on any atom is -0.379 e. The van der Waals surface area contributed by atoms with E-state index in [9.17, 15) is 9.59 Å². The smallest absolute Gasteiger partial charge is 0.255 e. The van der Waals surface area contributed by atoms with Crippen molar-refractivity contribution in [3.63, 3.8) is 0 Å². The zero-order valence-electron chi connectivity index (χ0n) is 24.0. The number of halogens is 2. The maximum absolute atomic E-state index is 15.3. The topological polar surface area (TPSA) is 124 Å². The van der Waals surface area contributed by atoms with E-state index in [1.165, 1.54) is 18.5 Å². The lowest BCUT2D eigenvalue weighted by molar-refractivity contribution is -0.125. The highest BCUT2D eigenvalue weighted by atomic mass is 32.1. The van der Waals surface area contributed by atoms with E-state index in [2.05, 4.69) is 38.7 Å². The van der Waals surface area contributed by atoms with Crippen molar-refractivity contribution in [1.82, 2.24) is 29.1 Å². The molecule has 0 aliphatic carbocycles. The molecule has 0 bridgehead atoms. The van der Waals surface area contributed by atoms with Gasteiger partial charge in [-0.3, -0.25) is 14.5 Å². The number of ether oxygens (including phenoxy) is 1. The number of imidazole rings is 1. The first-order valence-corrected chi connectivity index (χ1v) is 14.0. The van der Waals surface area contributed by atoms with Gasteiger partial charge in [-0.2, -0.15) is 18.6 Å². The van der Waals surface area contributed by atoms with Gasteiger partial charge in [-0.15, -0.1) is 0 Å². The number of nitrogens with two attached hydrogens (primary N) is 1. The molecule has 0 radical (unpaired) electrons. The van der Waals surface area contributed by atoms with E-state index in [4.69, 9.17) is 10.5 Å². The van der Waals surface area contributed by atoms with Crippen LogP contribution in [0.25, 0.3) is 11.0 Å². The number of anilines is 1. The first-order chi connectivity index (χ1) is 20.3. The van der Waals surface area contributed by atoms with Gasteiger partial charge in [0.25, 0.3) is 5.91 Å². The number of hydrogen-bond donors (Lipinski definition) is 2. The number of hydrogen-bond acceptors (Lipinski definition) is 7. The molecule has 1 atom stereocenters. The van der Waals surface area contributed by atoms with Crippen LogP contribution >= 0.6 is 13.5 Å². The standard InChI is InChI=1S/C29H34F2N8O3.H2S/c1-3-24(40)38-11-8-19(17-38)39-29(33-9-5-10-36-12-14-42-15-13-36)25(28(32)41)22(35-39)7-6-20-21(30)16-23-27(26(20)31)34-18-37(23)4-2;/h3,16,18-19,33H,1,4-5,8-15,17H2,2H3,(H2,32,41);1H2/t19-;/m0./s1. The number of nitrogens with one attached hydrogen (secondary N) is 1. The van der Waals surface area contributed by atoms with Gasteiger partial charge in [0.15, 0.2) is 11.5 Å². The van der Waals surface area contributed by atoms with Crippen molar-refractivity contribution >= 4 is 42.2 Å². The van der Waals surface area contributed by atoms with E-state index >= 15 is 8.78 Å². The normalized spacial score (nSPS) is 16.9. The third kappa shape index (κ3) is 6.69. The Bertz CT molecular complexity index is 1570. The first kappa shape index (κ1) is 32.0. The molecule has 2 aliphatic rings. The Morgan fingerprint density at radius 1 is 1.26 bits per heavy atom. The molecule has 0 unspecified atom stereocenters. The molecule has 11 nitrogen and oxygen atoms in total. The third-order valence-electron chi connectivity index (χ3n) is 7.65. The van der Waals surface area contributed by atoms with Gasteiger partial charge in [-0.1, -0.05) is 12.5 Å². The van der Waals surface area contributed by atoms with Crippen LogP contribution in [0.5, 0.6) is 0 Å². The van der Waals surface area contributed by atoms with E-state index in [1.807, 2.05) is 6.92 Å². The van der Waals surface area contributed by atoms with Gasteiger partial charge >= 0.3 is 0 Å². The number of amides is 2. The van der Waals surface area contributed by atoms with E-state index in [0.29, 0.717) is 57.1 Å². The lowest BCUT2D eigenvalue weighted by Gasteiger charge is -2.26. The number of nitrogens with zero attached hydrogens (tertiary/aromatic N) is 6. The van der Waals surface area contributed by atoms with Crippen molar-refractivity contribution in [2.24, 2.45) is 5.73 Å². The summed E-state index contributed by atoms with van der Waals surface area (Å²) in [4.78, 5) is 33.0. The highest BCUT2D eigenvalue weighted by Gasteiger charge is 2.32. The van der Waals surface area contributed by atoms with Gasteiger partial charge in [0.1, 0.15) is 22.7 Å². The largest absolute Gasteiger partial charge is 0.379 e. The number of likely N-dealkylation sites (tertiary alicyclic amines) is 1. The third-order valence-corrected chi connectivity index (χ3v) is 7.65. The van der Waals surface area contributed by atoms with Crippen molar-refractivity contribution in [2.45, 2.75) is 32.4 Å². The number of carbonyl (C=O) groups is 2. The molecule has 43 heavy (non-hydrogen) atoms. The quantitative estimate of drug-likeness (QED) is 0.215. The maximum atomic E-state index is 15.3. The average Bonchev–Trinajstić information content (AvgIpc) is 3.72. The van der Waals surface area contributed by atoms with E-state index in [-0.39, 0.29) is 42.2 Å². The van der Waals surface area contributed by atoms with E-state index < -0.39 is 23.1 Å². The van der Waals surface area contributed by atoms with Crippen molar-refractivity contribution < 1.29 is 23.1 Å². The first-order valence-electron chi connectivity index (χ1n) is 14.0. The fourth-order valence-corrected chi connectivity index (χ4v) is 5.41. The van der Waals surface area contributed by atoms with Crippen LogP contribution in [0.1, 0.15) is 47.4 Å². The Morgan fingerprint density at radius 2 is 2.02 bits per heavy atom. The van der Waals surface area contributed by atoms with Gasteiger partial charge in [-0.25, -0.2) is 18.4 Å². The van der Waals surface area contributed by atoms with Gasteiger partial charge in [-0.05, 0) is 38.3 Å². The van der Waals surface area contributed by atoms with Crippen LogP contribution in [0, 0.1) is 23.5 Å². The number of benzene rings is 1. The van der Waals surface area contributed by atoms with Gasteiger partial charge < -0.3 is 25.3 Å². The van der Waals surface area contributed by atoms with Crippen molar-refractivity contribution in [3.05, 3.63) is 53.5 Å². The fourth-order valence-electron chi connectivity index (χ4n) is 5.41. The lowest BCUT2D eigenvalue weighted by atomic mass is 10.1. The number of aryl methyl sites for hydroxylation is 1. The van der Waals surface area contributed by atoms with Gasteiger partial charge in [0.2, 0.25) is 5.91 Å². The van der Waals surface area contributed by atoms with E-state index in [0.717, 1.165) is 26.1 Å². The molecular formula is C29H36F2N8O3S. The Labute approximate surface area is 255 Å². The van der Waals surface area contributed by atoms with Crippen molar-refractivity contribution in [1.29, 1.82) is 0 Å². The predicted octanol–water partition coefficient (Wildman–Crippen LogP) is 2.24. The molecule has 5 rings (SSSR count). The molecule has 2 saturated heterocycles. The summed E-state index contributed by atoms with van der Waals surface area (Å²) in [6.07, 6.45) is 4.05. The maximum Gasteiger partial charge on any atom is 0.255 e. The monoisotopic (exact) mass is 614 g/mol. The number of morpholine rings is 1. The van der Waals surface area contributed by atoms with Crippen LogP contribution in [-0.2, 0) is 16.1 Å². The second-order valence-corrected chi connectivity index (χ2v) is 10.2. The van der Waals surface area contributed by atoms with Gasteiger partial charge in [0, 0.05) is 45.3 Å². The second-order valence-electron chi connectivity index (χ2n) is 10.2. The second kappa shape index (κ2) is 14.0. The SMILES string of the molecule is C=CC(=O)N1CC[C@H](n2nc(C#Cc3c(F)cc4c(ncn4CC)c3F)c(C(N)=O)c2NCCCN2CCOCC2)C1.S. The summed E-state index contributed by atoms with van der Waals surface area (Å²) in [5.74, 6) is 2.87. The molecule has 1 aromatic carbocycles. The Balaban J connectivity index is 0.00000423.